The number of nitrogens with zero attached hydrogens (tertiary/aromatic N) is 4. The van der Waals surface area contributed by atoms with Crippen molar-refractivity contribution >= 4 is 43.2 Å². The van der Waals surface area contributed by atoms with Crippen molar-refractivity contribution in [1.29, 1.82) is 0 Å². The monoisotopic (exact) mass is 557 g/mol. The van der Waals surface area contributed by atoms with Crippen LogP contribution in [0.3, 0.4) is 0 Å². The number of aryl methyl sites for hydroxylation is 1. The summed E-state index contributed by atoms with van der Waals surface area (Å²) in [5, 5.41) is 6.20. The van der Waals surface area contributed by atoms with Crippen molar-refractivity contribution in [3.8, 4) is 0 Å². The fraction of sp³-hybridized carbons (Fsp3) is 0.280. The molecule has 0 bridgehead atoms. The van der Waals surface area contributed by atoms with Crippen molar-refractivity contribution < 1.29 is 16.8 Å². The van der Waals surface area contributed by atoms with Gasteiger partial charge in [0.1, 0.15) is 5.82 Å². The summed E-state index contributed by atoms with van der Waals surface area (Å²) in [6.45, 7) is 9.23. The third-order valence-corrected chi connectivity index (χ3v) is 9.26. The molecule has 1 fully saturated rings. The molecule has 0 radical (unpaired) electrons. The summed E-state index contributed by atoms with van der Waals surface area (Å²) in [6, 6.07) is 12.9. The van der Waals surface area contributed by atoms with E-state index in [1.165, 1.54) is 16.4 Å². The fourth-order valence-electron chi connectivity index (χ4n) is 3.84. The maximum Gasteiger partial charge on any atom is 0.261 e. The second kappa shape index (κ2) is 11.1. The highest BCUT2D eigenvalue weighted by atomic mass is 32.2. The Labute approximate surface area is 223 Å². The zero-order valence-electron chi connectivity index (χ0n) is 21.5. The number of piperazine rings is 1. The van der Waals surface area contributed by atoms with E-state index in [4.69, 9.17) is 0 Å². The van der Waals surface area contributed by atoms with Crippen molar-refractivity contribution in [2.75, 3.05) is 43.9 Å². The van der Waals surface area contributed by atoms with Gasteiger partial charge in [-0.15, -0.1) is 0 Å². The summed E-state index contributed by atoms with van der Waals surface area (Å²) in [6.07, 6.45) is 1.62. The maximum atomic E-state index is 13.1. The normalized spacial score (nSPS) is 15.1. The number of hydrogen-bond donors (Lipinski definition) is 3. The van der Waals surface area contributed by atoms with Crippen molar-refractivity contribution in [2.24, 2.45) is 0 Å². The Morgan fingerprint density at radius 3 is 2.18 bits per heavy atom. The molecule has 2 heterocycles. The predicted octanol–water partition coefficient (Wildman–Crippen LogP) is 3.02. The molecule has 0 amide bonds. The van der Waals surface area contributed by atoms with Crippen LogP contribution in [0.25, 0.3) is 0 Å². The molecule has 3 N–H and O–H groups in total. The number of aromatic nitrogens is 2. The maximum absolute atomic E-state index is 13.1. The van der Waals surface area contributed by atoms with Crippen molar-refractivity contribution in [3.05, 3.63) is 72.6 Å². The number of rotatable bonds is 9. The zero-order valence-corrected chi connectivity index (χ0v) is 23.1. The van der Waals surface area contributed by atoms with Crippen LogP contribution in [0.15, 0.2) is 76.8 Å². The van der Waals surface area contributed by atoms with Gasteiger partial charge in [0.25, 0.3) is 10.0 Å². The van der Waals surface area contributed by atoms with Crippen LogP contribution in [0.2, 0.25) is 0 Å². The van der Waals surface area contributed by atoms with Crippen LogP contribution in [0, 0.1) is 6.92 Å². The Morgan fingerprint density at radius 2 is 1.53 bits per heavy atom. The van der Waals surface area contributed by atoms with E-state index in [0.717, 1.165) is 5.56 Å². The molecule has 13 heteroatoms. The second-order valence-electron chi connectivity index (χ2n) is 9.12. The van der Waals surface area contributed by atoms with Gasteiger partial charge in [0, 0.05) is 55.0 Å². The molecule has 0 saturated carbocycles. The number of benzene rings is 2. The molecule has 0 unspecified atom stereocenters. The van der Waals surface area contributed by atoms with Gasteiger partial charge in [-0.25, -0.2) is 21.8 Å². The zero-order chi connectivity index (χ0) is 27.5. The van der Waals surface area contributed by atoms with E-state index >= 15 is 0 Å². The van der Waals surface area contributed by atoms with Gasteiger partial charge in [0.15, 0.2) is 0 Å². The Hall–Kier alpha value is -3.52. The minimum absolute atomic E-state index is 0.0777. The van der Waals surface area contributed by atoms with Crippen molar-refractivity contribution in [1.82, 2.24) is 23.9 Å². The number of likely N-dealkylation sites (N-methyl/N-ethyl adjacent to an activating group) is 1. The molecule has 1 aliphatic heterocycles. The topological polar surface area (TPSA) is 137 Å². The molecule has 11 nitrogen and oxygen atoms in total. The molecule has 0 spiro atoms. The smallest absolute Gasteiger partial charge is 0.261 e. The molecule has 1 aliphatic rings. The summed E-state index contributed by atoms with van der Waals surface area (Å²) in [5.74, 6) is 0.714. The van der Waals surface area contributed by atoms with E-state index in [9.17, 15) is 16.8 Å². The Morgan fingerprint density at radius 1 is 0.921 bits per heavy atom. The number of hydrogen-bond acceptors (Lipinski definition) is 9. The van der Waals surface area contributed by atoms with Gasteiger partial charge in [-0.2, -0.15) is 9.29 Å². The first kappa shape index (κ1) is 27.5. The van der Waals surface area contributed by atoms with Crippen LogP contribution in [0.5, 0.6) is 0 Å². The van der Waals surface area contributed by atoms with E-state index < -0.39 is 20.0 Å². The van der Waals surface area contributed by atoms with E-state index in [1.807, 2.05) is 14.0 Å². The lowest BCUT2D eigenvalue weighted by Crippen LogP contribution is -2.47. The van der Waals surface area contributed by atoms with Crippen LogP contribution in [0.4, 0.5) is 23.1 Å². The Balaban J connectivity index is 1.53. The average molecular weight is 558 g/mol. The third-order valence-electron chi connectivity index (χ3n) is 5.88. The fourth-order valence-corrected chi connectivity index (χ4v) is 6.42. The first-order chi connectivity index (χ1) is 17.9. The standard InChI is InChI=1S/C25H31N7O4S2/c1-18(2)30-37(33,34)22-9-5-7-20(15-22)27-24-19(3)17-26-25(29-24)28-21-8-6-10-23(16-21)38(35,36)32-13-11-31(4)12-14-32/h5-10,15-17,30H,1,11-14H2,2-4H3,(H2,26,27,28,29). The second-order valence-corrected chi connectivity index (χ2v) is 12.7. The highest BCUT2D eigenvalue weighted by Crippen LogP contribution is 2.25. The quantitative estimate of drug-likeness (QED) is 0.363. The average Bonchev–Trinajstić information content (AvgIpc) is 2.86. The van der Waals surface area contributed by atoms with Crippen LogP contribution < -0.4 is 15.4 Å². The molecule has 4 rings (SSSR count). The van der Waals surface area contributed by atoms with Crippen LogP contribution in [0.1, 0.15) is 12.5 Å². The first-order valence-corrected chi connectivity index (χ1v) is 14.8. The Bertz CT molecular complexity index is 1550. The predicted molar refractivity (Wildman–Crippen MR) is 148 cm³/mol. The van der Waals surface area contributed by atoms with Gasteiger partial charge < -0.3 is 15.5 Å². The van der Waals surface area contributed by atoms with E-state index in [-0.39, 0.29) is 15.7 Å². The highest BCUT2D eigenvalue weighted by Gasteiger charge is 2.27. The van der Waals surface area contributed by atoms with Gasteiger partial charge in [-0.05, 0) is 57.3 Å². The van der Waals surface area contributed by atoms with Crippen LogP contribution in [-0.2, 0) is 20.0 Å². The van der Waals surface area contributed by atoms with E-state index in [2.05, 4.69) is 36.8 Å². The van der Waals surface area contributed by atoms with Gasteiger partial charge >= 0.3 is 0 Å². The van der Waals surface area contributed by atoms with Crippen molar-refractivity contribution in [2.45, 2.75) is 23.6 Å². The van der Waals surface area contributed by atoms with Gasteiger partial charge in [0.2, 0.25) is 16.0 Å². The SMILES string of the molecule is C=C(C)NS(=O)(=O)c1cccc(Nc2nc(Nc3cccc(S(=O)(=O)N4CCN(C)CC4)c3)ncc2C)c1. The third kappa shape index (κ3) is 6.48. The lowest BCUT2D eigenvalue weighted by molar-refractivity contribution is 0.222. The summed E-state index contributed by atoms with van der Waals surface area (Å²) >= 11 is 0. The van der Waals surface area contributed by atoms with Gasteiger partial charge in [-0.1, -0.05) is 18.7 Å². The molecule has 3 aromatic rings. The minimum Gasteiger partial charge on any atom is -0.340 e. The summed E-state index contributed by atoms with van der Waals surface area (Å²) in [4.78, 5) is 11.2. The molecule has 38 heavy (non-hydrogen) atoms. The summed E-state index contributed by atoms with van der Waals surface area (Å²) in [7, 11) is -5.40. The summed E-state index contributed by atoms with van der Waals surface area (Å²) < 4.78 is 55.2. The molecule has 1 aromatic heterocycles. The van der Waals surface area contributed by atoms with Crippen LogP contribution >= 0.6 is 0 Å². The molecule has 1 saturated heterocycles. The minimum atomic E-state index is -3.75. The Kier molecular flexibility index (Phi) is 8.02. The van der Waals surface area contributed by atoms with Gasteiger partial charge in [-0.3, -0.25) is 4.72 Å². The van der Waals surface area contributed by atoms with Gasteiger partial charge in [0.05, 0.1) is 9.79 Å². The summed E-state index contributed by atoms with van der Waals surface area (Å²) in [5.41, 5.74) is 2.08. The van der Waals surface area contributed by atoms with Crippen molar-refractivity contribution in [3.63, 3.8) is 0 Å². The number of sulfonamides is 2. The lowest BCUT2D eigenvalue weighted by atomic mass is 10.3. The number of anilines is 4. The van der Waals surface area contributed by atoms with E-state index in [1.54, 1.807) is 49.5 Å². The number of allylic oxidation sites excluding steroid dienone is 1. The molecule has 0 aliphatic carbocycles. The molecule has 0 atom stereocenters. The largest absolute Gasteiger partial charge is 0.340 e. The number of nitrogens with one attached hydrogen (secondary N) is 3. The molecule has 202 valence electrons. The van der Waals surface area contributed by atoms with E-state index in [0.29, 0.717) is 49.1 Å². The lowest BCUT2D eigenvalue weighted by Gasteiger charge is -2.31. The molecular formula is C25H31N7O4S2. The van der Waals surface area contributed by atoms with Crippen LogP contribution in [-0.4, -0.2) is 69.2 Å². The molecule has 2 aromatic carbocycles. The first-order valence-electron chi connectivity index (χ1n) is 11.9. The molecular weight excluding hydrogens is 526 g/mol. The highest BCUT2D eigenvalue weighted by molar-refractivity contribution is 7.89.